The van der Waals surface area contributed by atoms with Crippen molar-refractivity contribution in [3.05, 3.63) is 65.7 Å². The summed E-state index contributed by atoms with van der Waals surface area (Å²) in [6.45, 7) is 0.862. The summed E-state index contributed by atoms with van der Waals surface area (Å²) >= 11 is 0. The Morgan fingerprint density at radius 3 is 2.45 bits per heavy atom. The third kappa shape index (κ3) is 5.40. The van der Waals surface area contributed by atoms with E-state index in [0.29, 0.717) is 30.9 Å². The number of carbonyl (C=O) groups excluding carboxylic acids is 2. The van der Waals surface area contributed by atoms with Crippen LogP contribution in [0, 0.1) is 0 Å². The van der Waals surface area contributed by atoms with Crippen molar-refractivity contribution >= 4 is 12.2 Å². The summed E-state index contributed by atoms with van der Waals surface area (Å²) in [4.78, 5) is 22.2. The number of hydrogen-bond donors (Lipinski definition) is 1. The van der Waals surface area contributed by atoms with E-state index >= 15 is 0 Å². The second kappa shape index (κ2) is 8.62. The first-order chi connectivity index (χ1) is 10.8. The van der Waals surface area contributed by atoms with Crippen molar-refractivity contribution in [3.63, 3.8) is 0 Å². The number of aryl methyl sites for hydroxylation is 1. The van der Waals surface area contributed by atoms with E-state index in [0.717, 1.165) is 18.3 Å². The van der Waals surface area contributed by atoms with Gasteiger partial charge in [-0.2, -0.15) is 0 Å². The summed E-state index contributed by atoms with van der Waals surface area (Å²) in [7, 11) is 0. The van der Waals surface area contributed by atoms with Crippen molar-refractivity contribution in [1.29, 1.82) is 0 Å². The molecule has 1 N–H and O–H groups in total. The largest absolute Gasteiger partial charge is 0.492 e. The van der Waals surface area contributed by atoms with Crippen molar-refractivity contribution < 1.29 is 14.3 Å². The molecule has 0 heterocycles. The number of amides is 1. The Morgan fingerprint density at radius 2 is 1.77 bits per heavy atom. The Hall–Kier alpha value is -2.62. The molecule has 0 saturated heterocycles. The summed E-state index contributed by atoms with van der Waals surface area (Å²) in [5, 5.41) is 2.83. The number of nitrogens with one attached hydrogen (secondary N) is 1. The predicted octanol–water partition coefficient (Wildman–Crippen LogP) is 2.63. The molecule has 2 aromatic carbocycles. The first kappa shape index (κ1) is 15.8. The van der Waals surface area contributed by atoms with Crippen molar-refractivity contribution in [2.75, 3.05) is 13.2 Å². The zero-order chi connectivity index (χ0) is 15.6. The SMILES string of the molecule is O=Cc1ccc(OCCNC(=O)CCc2ccccc2)cc1. The van der Waals surface area contributed by atoms with Crippen molar-refractivity contribution in [2.24, 2.45) is 0 Å². The maximum Gasteiger partial charge on any atom is 0.220 e. The minimum Gasteiger partial charge on any atom is -0.492 e. The lowest BCUT2D eigenvalue weighted by molar-refractivity contribution is -0.121. The Balaban J connectivity index is 1.61. The van der Waals surface area contributed by atoms with Crippen LogP contribution in [-0.4, -0.2) is 25.3 Å². The fourth-order valence-corrected chi connectivity index (χ4v) is 1.99. The second-order valence-electron chi connectivity index (χ2n) is 4.87. The minimum atomic E-state index is 0.0174. The third-order valence-corrected chi connectivity index (χ3v) is 3.19. The van der Waals surface area contributed by atoms with Crippen molar-refractivity contribution in [1.82, 2.24) is 5.32 Å². The van der Waals surface area contributed by atoms with Crippen LogP contribution in [0.2, 0.25) is 0 Å². The van der Waals surface area contributed by atoms with Gasteiger partial charge in [-0.25, -0.2) is 0 Å². The minimum absolute atomic E-state index is 0.0174. The van der Waals surface area contributed by atoms with E-state index in [9.17, 15) is 9.59 Å². The fraction of sp³-hybridized carbons (Fsp3) is 0.222. The quantitative estimate of drug-likeness (QED) is 0.602. The number of hydrogen-bond acceptors (Lipinski definition) is 3. The van der Waals surface area contributed by atoms with Gasteiger partial charge in [0, 0.05) is 12.0 Å². The summed E-state index contributed by atoms with van der Waals surface area (Å²) in [5.41, 5.74) is 1.77. The molecular weight excluding hydrogens is 278 g/mol. The highest BCUT2D eigenvalue weighted by molar-refractivity contribution is 5.76. The highest BCUT2D eigenvalue weighted by Crippen LogP contribution is 2.10. The zero-order valence-electron chi connectivity index (χ0n) is 12.3. The Labute approximate surface area is 130 Å². The molecule has 114 valence electrons. The smallest absolute Gasteiger partial charge is 0.220 e. The van der Waals surface area contributed by atoms with Crippen LogP contribution < -0.4 is 10.1 Å². The van der Waals surface area contributed by atoms with Crippen LogP contribution in [0.5, 0.6) is 5.75 Å². The standard InChI is InChI=1S/C18H19NO3/c20-14-16-6-9-17(10-7-16)22-13-12-19-18(21)11-8-15-4-2-1-3-5-15/h1-7,9-10,14H,8,11-13H2,(H,19,21). The molecule has 0 atom stereocenters. The van der Waals surface area contributed by atoms with Crippen LogP contribution >= 0.6 is 0 Å². The predicted molar refractivity (Wildman–Crippen MR) is 85.1 cm³/mol. The molecule has 0 saturated carbocycles. The molecule has 0 aromatic heterocycles. The van der Waals surface area contributed by atoms with Gasteiger partial charge < -0.3 is 10.1 Å². The van der Waals surface area contributed by atoms with Gasteiger partial charge in [-0.1, -0.05) is 30.3 Å². The first-order valence-corrected chi connectivity index (χ1v) is 7.26. The van der Waals surface area contributed by atoms with Crippen molar-refractivity contribution in [3.8, 4) is 5.75 Å². The van der Waals surface area contributed by atoms with Crippen LogP contribution in [0.1, 0.15) is 22.3 Å². The highest BCUT2D eigenvalue weighted by Gasteiger charge is 2.02. The van der Waals surface area contributed by atoms with Gasteiger partial charge in [0.2, 0.25) is 5.91 Å². The second-order valence-corrected chi connectivity index (χ2v) is 4.87. The molecule has 1 amide bonds. The number of benzene rings is 2. The molecule has 0 spiro atoms. The Morgan fingerprint density at radius 1 is 1.05 bits per heavy atom. The molecule has 2 rings (SSSR count). The van der Waals surface area contributed by atoms with Gasteiger partial charge in [-0.15, -0.1) is 0 Å². The van der Waals surface area contributed by atoms with Crippen LogP contribution in [-0.2, 0) is 11.2 Å². The van der Waals surface area contributed by atoms with E-state index in [1.54, 1.807) is 24.3 Å². The van der Waals surface area contributed by atoms with Gasteiger partial charge in [0.1, 0.15) is 18.6 Å². The lowest BCUT2D eigenvalue weighted by Gasteiger charge is -2.08. The fourth-order valence-electron chi connectivity index (χ4n) is 1.99. The lowest BCUT2D eigenvalue weighted by atomic mass is 10.1. The van der Waals surface area contributed by atoms with Crippen LogP contribution in [0.25, 0.3) is 0 Å². The average molecular weight is 297 g/mol. The van der Waals surface area contributed by atoms with Crippen molar-refractivity contribution in [2.45, 2.75) is 12.8 Å². The Kier molecular flexibility index (Phi) is 6.18. The van der Waals surface area contributed by atoms with E-state index in [4.69, 9.17) is 4.74 Å². The normalized spacial score (nSPS) is 10.0. The van der Waals surface area contributed by atoms with E-state index < -0.39 is 0 Å². The average Bonchev–Trinajstić information content (AvgIpc) is 2.58. The maximum absolute atomic E-state index is 11.7. The van der Waals surface area contributed by atoms with Gasteiger partial charge in [-0.05, 0) is 36.2 Å². The molecule has 0 bridgehead atoms. The number of aldehydes is 1. The Bertz CT molecular complexity index is 593. The molecule has 0 aliphatic carbocycles. The number of carbonyl (C=O) groups is 2. The third-order valence-electron chi connectivity index (χ3n) is 3.19. The maximum atomic E-state index is 11.7. The van der Waals surface area contributed by atoms with E-state index in [1.165, 1.54) is 0 Å². The molecule has 0 fully saturated rings. The zero-order valence-corrected chi connectivity index (χ0v) is 12.3. The molecule has 4 heteroatoms. The molecule has 22 heavy (non-hydrogen) atoms. The molecule has 0 radical (unpaired) electrons. The van der Waals surface area contributed by atoms with Gasteiger partial charge in [0.15, 0.2) is 0 Å². The summed E-state index contributed by atoms with van der Waals surface area (Å²) < 4.78 is 5.49. The monoisotopic (exact) mass is 297 g/mol. The van der Waals surface area contributed by atoms with Gasteiger partial charge in [-0.3, -0.25) is 9.59 Å². The van der Waals surface area contributed by atoms with Crippen LogP contribution in [0.3, 0.4) is 0 Å². The van der Waals surface area contributed by atoms with Crippen LogP contribution in [0.15, 0.2) is 54.6 Å². The summed E-state index contributed by atoms with van der Waals surface area (Å²) in [5.74, 6) is 0.702. The first-order valence-electron chi connectivity index (χ1n) is 7.26. The van der Waals surface area contributed by atoms with Gasteiger partial charge in [0.05, 0.1) is 6.54 Å². The van der Waals surface area contributed by atoms with Gasteiger partial charge in [0.25, 0.3) is 0 Å². The topological polar surface area (TPSA) is 55.4 Å². The summed E-state index contributed by atoms with van der Waals surface area (Å²) in [6.07, 6.45) is 2.00. The van der Waals surface area contributed by atoms with E-state index in [-0.39, 0.29) is 5.91 Å². The summed E-state index contributed by atoms with van der Waals surface area (Å²) in [6, 6.07) is 16.8. The number of rotatable bonds is 8. The molecule has 0 aliphatic heterocycles. The van der Waals surface area contributed by atoms with Crippen LogP contribution in [0.4, 0.5) is 0 Å². The van der Waals surface area contributed by atoms with E-state index in [2.05, 4.69) is 5.32 Å². The molecule has 0 aliphatic rings. The lowest BCUT2D eigenvalue weighted by Crippen LogP contribution is -2.28. The highest BCUT2D eigenvalue weighted by atomic mass is 16.5. The molecular formula is C18H19NO3. The molecule has 2 aromatic rings. The number of ether oxygens (including phenoxy) is 1. The van der Waals surface area contributed by atoms with E-state index in [1.807, 2.05) is 30.3 Å². The molecule has 0 unspecified atom stereocenters. The molecule has 4 nitrogen and oxygen atoms in total. The van der Waals surface area contributed by atoms with Gasteiger partial charge >= 0.3 is 0 Å².